The van der Waals surface area contributed by atoms with Crippen LogP contribution in [-0.2, 0) is 9.59 Å². The summed E-state index contributed by atoms with van der Waals surface area (Å²) in [5.41, 5.74) is 0. The maximum absolute atomic E-state index is 10.2. The normalized spacial score (nSPS) is 8.29. The van der Waals surface area contributed by atoms with Crippen molar-refractivity contribution in [3.8, 4) is 0 Å². The molecule has 79 valence electrons. The molecule has 0 bridgehead atoms. The van der Waals surface area contributed by atoms with Crippen LogP contribution in [0.3, 0.4) is 0 Å². The average molecular weight is 411 g/mol. The molecule has 0 aliphatic rings. The Hall–Kier alpha value is 0.537. The van der Waals surface area contributed by atoms with Gasteiger partial charge in [-0.15, -0.1) is 0 Å². The minimum atomic E-state index is -1.13. The van der Waals surface area contributed by atoms with Gasteiger partial charge in [0, 0.05) is 0 Å². The van der Waals surface area contributed by atoms with E-state index in [0.29, 0.717) is 0 Å². The summed E-state index contributed by atoms with van der Waals surface area (Å²) >= 11 is 0.557. The van der Waals surface area contributed by atoms with Gasteiger partial charge in [-0.3, -0.25) is 0 Å². The zero-order valence-electron chi connectivity index (χ0n) is 8.94. The van der Waals surface area contributed by atoms with E-state index in [4.69, 9.17) is 0 Å². The fourth-order valence-electron chi connectivity index (χ4n) is 0.384. The van der Waals surface area contributed by atoms with Crippen LogP contribution in [0.15, 0.2) is 0 Å². The molecule has 0 aromatic carbocycles. The molecular formula is C8H17N2O2Sn2. The third kappa shape index (κ3) is 22.9. The molecule has 0 aliphatic heterocycles. The van der Waals surface area contributed by atoms with Gasteiger partial charge in [-0.1, -0.05) is 0 Å². The average Bonchev–Trinajstić information content (AvgIpc) is 2.05. The third-order valence-corrected chi connectivity index (χ3v) is 4.74. The van der Waals surface area contributed by atoms with E-state index in [0.717, 1.165) is 0 Å². The first-order chi connectivity index (χ1) is 6.54. The van der Waals surface area contributed by atoms with Gasteiger partial charge in [-0.25, -0.2) is 0 Å². The van der Waals surface area contributed by atoms with Crippen LogP contribution in [0.2, 0.25) is 4.44 Å². The Balaban J connectivity index is 0. The van der Waals surface area contributed by atoms with Crippen LogP contribution in [-0.4, -0.2) is 56.0 Å². The van der Waals surface area contributed by atoms with Crippen LogP contribution in [0.5, 0.6) is 0 Å². The molecule has 5 radical (unpaired) electrons. The van der Waals surface area contributed by atoms with Gasteiger partial charge in [-0.2, -0.15) is 0 Å². The fourth-order valence-corrected chi connectivity index (χ4v) is 2.58. The monoisotopic (exact) mass is 413 g/mol. The minimum absolute atomic E-state index is 0.0737. The Kier molecular flexibility index (Phi) is 16.4. The van der Waals surface area contributed by atoms with Crippen LogP contribution in [0, 0.1) is 0 Å². The maximum atomic E-state index is 10.2. The number of nitrogens with one attached hydrogen (secondary N) is 2. The molecular weight excluding hydrogens is 394 g/mol. The van der Waals surface area contributed by atoms with Crippen LogP contribution in [0.25, 0.3) is 0 Å². The number of hydrogen-bond acceptors (Lipinski definition) is 2. The van der Waals surface area contributed by atoms with E-state index in [-0.39, 0.29) is 11.8 Å². The molecule has 0 unspecified atom stereocenters. The van der Waals surface area contributed by atoms with E-state index in [9.17, 15) is 9.59 Å². The van der Waals surface area contributed by atoms with Crippen molar-refractivity contribution in [1.29, 1.82) is 0 Å². The predicted octanol–water partition coefficient (Wildman–Crippen LogP) is 0.166. The molecule has 0 atom stereocenters. The molecule has 0 fully saturated rings. The van der Waals surface area contributed by atoms with E-state index < -0.39 is 21.7 Å². The summed E-state index contributed by atoms with van der Waals surface area (Å²) in [6.45, 7) is 5.09. The van der Waals surface area contributed by atoms with E-state index in [2.05, 4.69) is 14.0 Å². The van der Waals surface area contributed by atoms with Gasteiger partial charge in [0.15, 0.2) is 0 Å². The van der Waals surface area contributed by atoms with E-state index in [1.807, 2.05) is 0 Å². The summed E-state index contributed by atoms with van der Waals surface area (Å²) in [6.07, 6.45) is 2.80. The Labute approximate surface area is 110 Å². The van der Waals surface area contributed by atoms with Crippen molar-refractivity contribution in [2.75, 3.05) is 0 Å². The number of hydrogen-bond donors (Lipinski definition) is 2. The Morgan fingerprint density at radius 1 is 1.21 bits per heavy atom. The summed E-state index contributed by atoms with van der Waals surface area (Å²) in [5, 5.41) is 0. The summed E-state index contributed by atoms with van der Waals surface area (Å²) in [6, 6.07) is 0. The summed E-state index contributed by atoms with van der Waals surface area (Å²) in [4.78, 5) is 20.4. The van der Waals surface area contributed by atoms with Gasteiger partial charge >= 0.3 is 111 Å². The number of carbonyl (C=O) groups is 2. The van der Waals surface area contributed by atoms with Gasteiger partial charge < -0.3 is 0 Å². The van der Waals surface area contributed by atoms with Crippen molar-refractivity contribution < 1.29 is 9.59 Å². The molecule has 0 aliphatic carbocycles. The van der Waals surface area contributed by atoms with E-state index in [1.54, 1.807) is 22.5 Å². The molecule has 0 rings (SSSR count). The van der Waals surface area contributed by atoms with E-state index >= 15 is 0 Å². The van der Waals surface area contributed by atoms with Crippen molar-refractivity contribution >= 4 is 56.0 Å². The number of unbranched alkanes of at least 4 members (excludes halogenated alkanes) is 1. The molecule has 6 heteroatoms. The quantitative estimate of drug-likeness (QED) is 0.649. The molecule has 2 N–H and O–H groups in total. The van der Waals surface area contributed by atoms with Crippen LogP contribution >= 0.6 is 0 Å². The van der Waals surface area contributed by atoms with Gasteiger partial charge in [0.2, 0.25) is 0 Å². The van der Waals surface area contributed by atoms with Crippen LogP contribution in [0.1, 0.15) is 33.6 Å². The molecule has 0 aromatic heterocycles. The predicted molar refractivity (Wildman–Crippen MR) is 58.9 cm³/mol. The second-order valence-electron chi connectivity index (χ2n) is 2.59. The van der Waals surface area contributed by atoms with E-state index in [1.165, 1.54) is 31.1 Å². The molecule has 2 amide bonds. The first kappa shape index (κ1) is 16.9. The van der Waals surface area contributed by atoms with Crippen LogP contribution < -0.4 is 7.08 Å². The van der Waals surface area contributed by atoms with Crippen LogP contribution in [0.4, 0.5) is 0 Å². The van der Waals surface area contributed by atoms with Crippen molar-refractivity contribution in [3.63, 3.8) is 0 Å². The van der Waals surface area contributed by atoms with Gasteiger partial charge in [-0.05, 0) is 0 Å². The Morgan fingerprint density at radius 2 is 1.64 bits per heavy atom. The molecule has 0 aromatic rings. The Bertz CT molecular complexity index is 149. The zero-order chi connectivity index (χ0) is 11.4. The fraction of sp³-hybridized carbons (Fsp3) is 0.750. The molecule has 14 heavy (non-hydrogen) atoms. The zero-order valence-corrected chi connectivity index (χ0v) is 14.6. The third-order valence-electron chi connectivity index (χ3n) is 1.01. The second-order valence-corrected chi connectivity index (χ2v) is 6.16. The van der Waals surface area contributed by atoms with Gasteiger partial charge in [0.1, 0.15) is 0 Å². The van der Waals surface area contributed by atoms with Gasteiger partial charge in [0.05, 0.1) is 0 Å². The summed E-state index contributed by atoms with van der Waals surface area (Å²) in [7, 11) is 0. The summed E-state index contributed by atoms with van der Waals surface area (Å²) in [5.74, 6) is -0.147. The number of rotatable bonds is 4. The molecule has 0 heterocycles. The number of amides is 2. The second kappa shape index (κ2) is 13.5. The summed E-state index contributed by atoms with van der Waals surface area (Å²) < 4.78 is 6.59. The molecule has 0 spiro atoms. The van der Waals surface area contributed by atoms with Crippen molar-refractivity contribution in [3.05, 3.63) is 0 Å². The molecule has 4 nitrogen and oxygen atoms in total. The molecule has 0 saturated heterocycles. The first-order valence-electron chi connectivity index (χ1n) is 4.47. The van der Waals surface area contributed by atoms with Crippen molar-refractivity contribution in [2.24, 2.45) is 0 Å². The van der Waals surface area contributed by atoms with Crippen molar-refractivity contribution in [2.45, 2.75) is 38.0 Å². The topological polar surface area (TPSA) is 58.2 Å². The first-order valence-corrected chi connectivity index (χ1v) is 9.34. The Morgan fingerprint density at radius 3 is 1.79 bits per heavy atom. The van der Waals surface area contributed by atoms with Gasteiger partial charge in [0.25, 0.3) is 0 Å². The SMILES string of the molecule is CC(=O)[NH][Sn][NH]C(C)=O.CCC[CH2][Sn]. The standard InChI is InChI=1S/C4H9.2C2H5NO.2Sn/c1-3-4-2;2*1-2(3)4;;/h1,3-4H2,2H3;2*1H3,(H2,3,4);;/q;;;;+2/p-2. The molecule has 0 saturated carbocycles. The van der Waals surface area contributed by atoms with Crippen molar-refractivity contribution in [1.82, 2.24) is 7.08 Å². The number of carbonyl (C=O) groups excluding carboxylic acids is 2.